The third-order valence-corrected chi connectivity index (χ3v) is 3.01. The van der Waals surface area contributed by atoms with Crippen LogP contribution in [-0.2, 0) is 9.59 Å². The van der Waals surface area contributed by atoms with Crippen LogP contribution in [0.5, 0.6) is 0 Å². The molecule has 0 atom stereocenters. The minimum atomic E-state index is -0.994. The van der Waals surface area contributed by atoms with Crippen molar-refractivity contribution >= 4 is 40.5 Å². The maximum Gasteiger partial charge on any atom is 0.314 e. The molecule has 0 aliphatic heterocycles. The minimum absolute atomic E-state index is 0.145. The van der Waals surface area contributed by atoms with E-state index in [0.29, 0.717) is 0 Å². The summed E-state index contributed by atoms with van der Waals surface area (Å²) < 4.78 is 13.0. The summed E-state index contributed by atoms with van der Waals surface area (Å²) >= 11 is 5.57. The van der Waals surface area contributed by atoms with E-state index < -0.39 is 22.6 Å². The number of nitrogens with one attached hydrogen (secondary N) is 2. The second-order valence-electron chi connectivity index (χ2n) is 4.34. The molecule has 0 radical (unpaired) electrons. The predicted octanol–water partition coefficient (Wildman–Crippen LogP) is 2.96. The van der Waals surface area contributed by atoms with Crippen molar-refractivity contribution in [1.82, 2.24) is 0 Å². The van der Waals surface area contributed by atoms with Gasteiger partial charge < -0.3 is 10.6 Å². The van der Waals surface area contributed by atoms with Gasteiger partial charge in [0.25, 0.3) is 5.69 Å². The van der Waals surface area contributed by atoms with Gasteiger partial charge in [0.05, 0.1) is 9.95 Å². The van der Waals surface area contributed by atoms with E-state index in [9.17, 15) is 24.1 Å². The van der Waals surface area contributed by atoms with Crippen LogP contribution >= 0.6 is 11.6 Å². The van der Waals surface area contributed by atoms with Crippen molar-refractivity contribution in [2.75, 3.05) is 10.6 Å². The van der Waals surface area contributed by atoms with Gasteiger partial charge in [0.15, 0.2) is 0 Å². The van der Waals surface area contributed by atoms with Crippen molar-refractivity contribution in [2.45, 2.75) is 0 Å². The van der Waals surface area contributed by atoms with E-state index in [1.165, 1.54) is 30.3 Å². The Hall–Kier alpha value is -3.00. The number of carbonyl (C=O) groups excluding carboxylic acids is 2. The summed E-state index contributed by atoms with van der Waals surface area (Å²) in [6.07, 6.45) is 0. The third-order valence-electron chi connectivity index (χ3n) is 2.72. The Kier molecular flexibility index (Phi) is 4.87. The van der Waals surface area contributed by atoms with Crippen molar-refractivity contribution < 1.29 is 18.9 Å². The monoisotopic (exact) mass is 337 g/mol. The number of hydrogen-bond donors (Lipinski definition) is 2. The molecule has 0 aromatic heterocycles. The maximum absolute atomic E-state index is 13.0. The van der Waals surface area contributed by atoms with E-state index in [4.69, 9.17) is 11.6 Å². The average molecular weight is 338 g/mol. The van der Waals surface area contributed by atoms with Gasteiger partial charge in [0.2, 0.25) is 0 Å². The van der Waals surface area contributed by atoms with Crippen LogP contribution in [0.25, 0.3) is 0 Å². The van der Waals surface area contributed by atoms with E-state index >= 15 is 0 Å². The lowest BCUT2D eigenvalue weighted by molar-refractivity contribution is -0.384. The molecule has 2 N–H and O–H groups in total. The Labute approximate surface area is 134 Å². The lowest BCUT2D eigenvalue weighted by atomic mass is 10.3. The standard InChI is InChI=1S/C14H9ClFN3O4/c15-11-7-9(3-6-12(11)16)18-14(21)13(20)17-8-1-4-10(5-2-8)19(22)23/h1-7H,(H,17,20)(H,18,21). The highest BCUT2D eigenvalue weighted by Crippen LogP contribution is 2.19. The number of hydrogen-bond acceptors (Lipinski definition) is 4. The number of nitro groups is 1. The van der Waals surface area contributed by atoms with Crippen LogP contribution in [0.1, 0.15) is 0 Å². The normalized spacial score (nSPS) is 10.0. The van der Waals surface area contributed by atoms with Crippen molar-refractivity contribution in [3.05, 3.63) is 63.4 Å². The number of halogens is 2. The molecule has 0 bridgehead atoms. The Bertz CT molecular complexity index is 780. The molecule has 0 saturated carbocycles. The van der Waals surface area contributed by atoms with Crippen molar-refractivity contribution in [3.8, 4) is 0 Å². The SMILES string of the molecule is O=C(Nc1ccc([N+](=O)[O-])cc1)C(=O)Nc1ccc(F)c(Cl)c1. The molecule has 118 valence electrons. The zero-order valence-corrected chi connectivity index (χ0v) is 12.1. The number of benzene rings is 2. The fraction of sp³-hybridized carbons (Fsp3) is 0. The molecular formula is C14H9ClFN3O4. The number of non-ortho nitro benzene ring substituents is 1. The molecule has 2 aromatic carbocycles. The molecule has 2 amide bonds. The van der Waals surface area contributed by atoms with Gasteiger partial charge >= 0.3 is 11.8 Å². The van der Waals surface area contributed by atoms with Crippen LogP contribution in [-0.4, -0.2) is 16.7 Å². The molecule has 0 fully saturated rings. The fourth-order valence-electron chi connectivity index (χ4n) is 1.62. The first kappa shape index (κ1) is 16.4. The van der Waals surface area contributed by atoms with Gasteiger partial charge in [0.1, 0.15) is 5.82 Å². The Morgan fingerprint density at radius 1 is 1.00 bits per heavy atom. The molecule has 0 aliphatic rings. The van der Waals surface area contributed by atoms with Crippen molar-refractivity contribution in [3.63, 3.8) is 0 Å². The highest BCUT2D eigenvalue weighted by atomic mass is 35.5. The topological polar surface area (TPSA) is 101 Å². The zero-order valence-electron chi connectivity index (χ0n) is 11.4. The maximum atomic E-state index is 13.0. The summed E-state index contributed by atoms with van der Waals surface area (Å²) in [5.74, 6) is -2.63. The van der Waals surface area contributed by atoms with E-state index in [-0.39, 0.29) is 22.1 Å². The second kappa shape index (κ2) is 6.84. The van der Waals surface area contributed by atoms with E-state index in [1.807, 2.05) is 0 Å². The molecule has 0 aliphatic carbocycles. The smallest absolute Gasteiger partial charge is 0.314 e. The predicted molar refractivity (Wildman–Crippen MR) is 81.8 cm³/mol. The van der Waals surface area contributed by atoms with Crippen LogP contribution < -0.4 is 10.6 Å². The molecule has 7 nitrogen and oxygen atoms in total. The van der Waals surface area contributed by atoms with Gasteiger partial charge in [-0.15, -0.1) is 0 Å². The first-order chi connectivity index (χ1) is 10.9. The number of amides is 2. The fourth-order valence-corrected chi connectivity index (χ4v) is 1.80. The second-order valence-corrected chi connectivity index (χ2v) is 4.75. The van der Waals surface area contributed by atoms with Crippen molar-refractivity contribution in [1.29, 1.82) is 0 Å². The highest BCUT2D eigenvalue weighted by molar-refractivity contribution is 6.43. The van der Waals surface area contributed by atoms with Gasteiger partial charge in [-0.3, -0.25) is 19.7 Å². The summed E-state index contributed by atoms with van der Waals surface area (Å²) in [6, 6.07) is 8.41. The van der Waals surface area contributed by atoms with E-state index in [1.54, 1.807) is 0 Å². The summed E-state index contributed by atoms with van der Waals surface area (Å²) in [5.41, 5.74) is 0.224. The molecule has 0 spiro atoms. The molecule has 23 heavy (non-hydrogen) atoms. The van der Waals surface area contributed by atoms with Gasteiger partial charge in [-0.1, -0.05) is 11.6 Å². The molecule has 0 unspecified atom stereocenters. The first-order valence-electron chi connectivity index (χ1n) is 6.18. The summed E-state index contributed by atoms with van der Waals surface area (Å²) in [5, 5.41) is 14.8. The van der Waals surface area contributed by atoms with E-state index in [2.05, 4.69) is 10.6 Å². The van der Waals surface area contributed by atoms with Crippen LogP contribution in [0.3, 0.4) is 0 Å². The number of nitro benzene ring substituents is 1. The number of carbonyl (C=O) groups is 2. The summed E-state index contributed by atoms with van der Waals surface area (Å²) in [4.78, 5) is 33.4. The number of rotatable bonds is 3. The third kappa shape index (κ3) is 4.24. The molecule has 2 aromatic rings. The number of anilines is 2. The highest BCUT2D eigenvalue weighted by Gasteiger charge is 2.15. The Morgan fingerprint density at radius 3 is 2.04 bits per heavy atom. The molecule has 2 rings (SSSR count). The Balaban J connectivity index is 2.00. The molecule has 9 heteroatoms. The lowest BCUT2D eigenvalue weighted by Crippen LogP contribution is -2.29. The molecular weight excluding hydrogens is 329 g/mol. The average Bonchev–Trinajstić information content (AvgIpc) is 2.51. The van der Waals surface area contributed by atoms with E-state index in [0.717, 1.165) is 12.1 Å². The first-order valence-corrected chi connectivity index (χ1v) is 6.56. The van der Waals surface area contributed by atoms with Crippen LogP contribution in [0.4, 0.5) is 21.5 Å². The summed E-state index contributed by atoms with van der Waals surface area (Å²) in [7, 11) is 0. The van der Waals surface area contributed by atoms with Crippen LogP contribution in [0.2, 0.25) is 5.02 Å². The van der Waals surface area contributed by atoms with Crippen LogP contribution in [0, 0.1) is 15.9 Å². The molecule has 0 heterocycles. The van der Waals surface area contributed by atoms with Gasteiger partial charge in [-0.05, 0) is 30.3 Å². The summed E-state index contributed by atoms with van der Waals surface area (Å²) in [6.45, 7) is 0. The number of nitrogens with zero attached hydrogens (tertiary/aromatic N) is 1. The lowest BCUT2D eigenvalue weighted by Gasteiger charge is -2.07. The van der Waals surface area contributed by atoms with Crippen LogP contribution in [0.15, 0.2) is 42.5 Å². The van der Waals surface area contributed by atoms with Gasteiger partial charge in [-0.2, -0.15) is 0 Å². The largest absolute Gasteiger partial charge is 0.318 e. The quantitative estimate of drug-likeness (QED) is 0.510. The van der Waals surface area contributed by atoms with Gasteiger partial charge in [-0.25, -0.2) is 4.39 Å². The minimum Gasteiger partial charge on any atom is -0.318 e. The zero-order chi connectivity index (χ0) is 17.0. The Morgan fingerprint density at radius 2 is 1.52 bits per heavy atom. The van der Waals surface area contributed by atoms with Gasteiger partial charge in [0, 0.05) is 23.5 Å². The van der Waals surface area contributed by atoms with Crippen molar-refractivity contribution in [2.24, 2.45) is 0 Å². The molecule has 0 saturated heterocycles.